The Morgan fingerprint density at radius 3 is 3.06 bits per heavy atom. The fraction of sp³-hybridized carbons (Fsp3) is 0.417. The number of pyridine rings is 1. The summed E-state index contributed by atoms with van der Waals surface area (Å²) in [6.07, 6.45) is 3.31. The number of carbonyl (C=O) groups excluding carboxylic acids is 1. The molecule has 2 unspecified atom stereocenters. The first-order valence-corrected chi connectivity index (χ1v) is 5.34. The van der Waals surface area contributed by atoms with Crippen molar-refractivity contribution in [1.82, 2.24) is 4.98 Å². The lowest BCUT2D eigenvalue weighted by atomic mass is 10.0. The van der Waals surface area contributed by atoms with Crippen molar-refractivity contribution in [2.24, 2.45) is 4.99 Å². The Labute approximate surface area is 99.5 Å². The van der Waals surface area contributed by atoms with E-state index in [2.05, 4.69) is 14.7 Å². The Morgan fingerprint density at radius 1 is 1.53 bits per heavy atom. The molecule has 5 nitrogen and oxygen atoms in total. The molecule has 0 N–H and O–H groups in total. The minimum absolute atomic E-state index is 0.172. The van der Waals surface area contributed by atoms with Gasteiger partial charge < -0.3 is 9.47 Å². The van der Waals surface area contributed by atoms with Gasteiger partial charge in [-0.2, -0.15) is 0 Å². The molecule has 0 aliphatic carbocycles. The molecular weight excluding hydrogens is 220 g/mol. The molecule has 0 aromatic carbocycles. The van der Waals surface area contributed by atoms with Crippen LogP contribution in [0.15, 0.2) is 23.3 Å². The SMILES string of the molecule is COC(=O)CC(OC)C1N=Cc2cccnc21. The van der Waals surface area contributed by atoms with Crippen LogP contribution in [0.2, 0.25) is 0 Å². The summed E-state index contributed by atoms with van der Waals surface area (Å²) in [4.78, 5) is 19.9. The molecule has 0 saturated heterocycles. The highest BCUT2D eigenvalue weighted by Crippen LogP contribution is 2.30. The van der Waals surface area contributed by atoms with Gasteiger partial charge in [0.15, 0.2) is 0 Å². The van der Waals surface area contributed by atoms with Crippen molar-refractivity contribution in [3.8, 4) is 0 Å². The van der Waals surface area contributed by atoms with Gasteiger partial charge in [0.2, 0.25) is 0 Å². The highest BCUT2D eigenvalue weighted by Gasteiger charge is 2.30. The number of carbonyl (C=O) groups is 1. The molecular formula is C12H14N2O3. The van der Waals surface area contributed by atoms with E-state index in [-0.39, 0.29) is 24.5 Å². The van der Waals surface area contributed by atoms with Crippen LogP contribution in [0, 0.1) is 0 Å². The van der Waals surface area contributed by atoms with Crippen LogP contribution in [0.4, 0.5) is 0 Å². The molecule has 2 rings (SSSR count). The van der Waals surface area contributed by atoms with Gasteiger partial charge >= 0.3 is 5.97 Å². The lowest BCUT2D eigenvalue weighted by molar-refractivity contribution is -0.143. The molecule has 1 aromatic rings. The molecule has 1 aromatic heterocycles. The van der Waals surface area contributed by atoms with Gasteiger partial charge in [-0.3, -0.25) is 14.8 Å². The van der Waals surface area contributed by atoms with Gasteiger partial charge in [0, 0.05) is 25.1 Å². The highest BCUT2D eigenvalue weighted by molar-refractivity contribution is 5.84. The van der Waals surface area contributed by atoms with Crippen LogP contribution < -0.4 is 0 Å². The smallest absolute Gasteiger partial charge is 0.308 e. The van der Waals surface area contributed by atoms with E-state index < -0.39 is 0 Å². The second-order valence-corrected chi connectivity index (χ2v) is 3.76. The lowest BCUT2D eigenvalue weighted by Crippen LogP contribution is -2.23. The number of hydrogen-bond donors (Lipinski definition) is 0. The lowest BCUT2D eigenvalue weighted by Gasteiger charge is -2.19. The summed E-state index contributed by atoms with van der Waals surface area (Å²) in [5.41, 5.74) is 1.83. The number of aliphatic imine (C=N–C) groups is 1. The van der Waals surface area contributed by atoms with E-state index >= 15 is 0 Å². The van der Waals surface area contributed by atoms with Crippen LogP contribution in [0.5, 0.6) is 0 Å². The van der Waals surface area contributed by atoms with Crippen molar-refractivity contribution >= 4 is 12.2 Å². The van der Waals surface area contributed by atoms with E-state index in [0.29, 0.717) is 0 Å². The zero-order valence-electron chi connectivity index (χ0n) is 9.79. The Balaban J connectivity index is 2.17. The summed E-state index contributed by atoms with van der Waals surface area (Å²) < 4.78 is 9.95. The molecule has 0 amide bonds. The van der Waals surface area contributed by atoms with Crippen LogP contribution >= 0.6 is 0 Å². The number of aromatic nitrogens is 1. The van der Waals surface area contributed by atoms with Crippen molar-refractivity contribution in [3.63, 3.8) is 0 Å². The van der Waals surface area contributed by atoms with Crippen molar-refractivity contribution < 1.29 is 14.3 Å². The Kier molecular flexibility index (Phi) is 3.49. The summed E-state index contributed by atoms with van der Waals surface area (Å²) >= 11 is 0. The summed E-state index contributed by atoms with van der Waals surface area (Å²) in [5.74, 6) is -0.309. The zero-order valence-corrected chi connectivity index (χ0v) is 9.79. The second kappa shape index (κ2) is 5.05. The number of rotatable bonds is 4. The van der Waals surface area contributed by atoms with Crippen LogP contribution in [0.1, 0.15) is 23.7 Å². The molecule has 1 aliphatic heterocycles. The molecule has 0 fully saturated rings. The first kappa shape index (κ1) is 11.7. The van der Waals surface area contributed by atoms with Gasteiger partial charge in [-0.15, -0.1) is 0 Å². The highest BCUT2D eigenvalue weighted by atomic mass is 16.5. The van der Waals surface area contributed by atoms with Gasteiger partial charge in [-0.1, -0.05) is 6.07 Å². The van der Waals surface area contributed by atoms with E-state index in [4.69, 9.17) is 4.74 Å². The zero-order chi connectivity index (χ0) is 12.3. The quantitative estimate of drug-likeness (QED) is 0.733. The first-order chi connectivity index (χ1) is 8.26. The molecule has 2 heterocycles. The third kappa shape index (κ3) is 2.34. The number of esters is 1. The fourth-order valence-electron chi connectivity index (χ4n) is 1.86. The van der Waals surface area contributed by atoms with E-state index in [0.717, 1.165) is 11.3 Å². The molecule has 0 saturated carbocycles. The van der Waals surface area contributed by atoms with Crippen molar-refractivity contribution in [2.45, 2.75) is 18.6 Å². The Bertz CT molecular complexity index is 445. The number of methoxy groups -OCH3 is 2. The average molecular weight is 234 g/mol. The molecule has 17 heavy (non-hydrogen) atoms. The maximum Gasteiger partial charge on any atom is 0.308 e. The molecule has 5 heteroatoms. The van der Waals surface area contributed by atoms with Gasteiger partial charge in [-0.25, -0.2) is 0 Å². The predicted molar refractivity (Wildman–Crippen MR) is 62.0 cm³/mol. The maximum absolute atomic E-state index is 11.3. The second-order valence-electron chi connectivity index (χ2n) is 3.76. The van der Waals surface area contributed by atoms with E-state index in [1.165, 1.54) is 7.11 Å². The van der Waals surface area contributed by atoms with Crippen molar-refractivity contribution in [3.05, 3.63) is 29.6 Å². The average Bonchev–Trinajstić information content (AvgIpc) is 2.79. The number of nitrogens with zero attached hydrogens (tertiary/aromatic N) is 2. The molecule has 1 aliphatic rings. The summed E-state index contributed by atoms with van der Waals surface area (Å²) in [7, 11) is 2.92. The summed E-state index contributed by atoms with van der Waals surface area (Å²) in [6, 6.07) is 3.57. The fourth-order valence-corrected chi connectivity index (χ4v) is 1.86. The molecule has 0 radical (unpaired) electrons. The largest absolute Gasteiger partial charge is 0.469 e. The predicted octanol–water partition coefficient (Wildman–Crippen LogP) is 1.13. The monoisotopic (exact) mass is 234 g/mol. The van der Waals surface area contributed by atoms with E-state index in [9.17, 15) is 4.79 Å². The molecule has 90 valence electrons. The standard InChI is InChI=1S/C12H14N2O3/c1-16-9(6-10(15)17-2)12-11-8(7-14-12)4-3-5-13-11/h3-5,7,9,12H,6H2,1-2H3. The normalized spacial score (nSPS) is 18.8. The first-order valence-electron chi connectivity index (χ1n) is 5.34. The summed E-state index contributed by atoms with van der Waals surface area (Å²) in [6.45, 7) is 0. The Morgan fingerprint density at radius 2 is 2.35 bits per heavy atom. The molecule has 0 spiro atoms. The van der Waals surface area contributed by atoms with Crippen LogP contribution in [-0.4, -0.2) is 37.5 Å². The third-order valence-corrected chi connectivity index (χ3v) is 2.78. The number of fused-ring (bicyclic) bond motifs is 1. The van der Waals surface area contributed by atoms with Gasteiger partial charge in [-0.05, 0) is 6.07 Å². The van der Waals surface area contributed by atoms with Gasteiger partial charge in [0.25, 0.3) is 0 Å². The Hall–Kier alpha value is -1.75. The minimum atomic E-state index is -0.338. The van der Waals surface area contributed by atoms with E-state index in [1.54, 1.807) is 19.5 Å². The maximum atomic E-state index is 11.3. The van der Waals surface area contributed by atoms with Gasteiger partial charge in [0.1, 0.15) is 6.04 Å². The van der Waals surface area contributed by atoms with Crippen molar-refractivity contribution in [2.75, 3.05) is 14.2 Å². The van der Waals surface area contributed by atoms with E-state index in [1.807, 2.05) is 12.1 Å². The number of ether oxygens (including phenoxy) is 2. The molecule has 0 bridgehead atoms. The molecule has 2 atom stereocenters. The van der Waals surface area contributed by atoms with Crippen LogP contribution in [-0.2, 0) is 14.3 Å². The third-order valence-electron chi connectivity index (χ3n) is 2.78. The number of hydrogen-bond acceptors (Lipinski definition) is 5. The van der Waals surface area contributed by atoms with Crippen LogP contribution in [0.25, 0.3) is 0 Å². The van der Waals surface area contributed by atoms with Crippen molar-refractivity contribution in [1.29, 1.82) is 0 Å². The van der Waals surface area contributed by atoms with Gasteiger partial charge in [0.05, 0.1) is 25.3 Å². The summed E-state index contributed by atoms with van der Waals surface area (Å²) in [5, 5.41) is 0. The van der Waals surface area contributed by atoms with Crippen LogP contribution in [0.3, 0.4) is 0 Å². The minimum Gasteiger partial charge on any atom is -0.469 e. The topological polar surface area (TPSA) is 60.8 Å².